The van der Waals surface area contributed by atoms with Gasteiger partial charge in [0.2, 0.25) is 0 Å². The summed E-state index contributed by atoms with van der Waals surface area (Å²) in [6, 6.07) is 2.12. The summed E-state index contributed by atoms with van der Waals surface area (Å²) in [7, 11) is 0. The molecule has 0 aromatic carbocycles. The van der Waals surface area contributed by atoms with Crippen LogP contribution in [-0.2, 0) is 25.6 Å². The number of aromatic amines is 1. The molecule has 134 valence electrons. The van der Waals surface area contributed by atoms with E-state index in [1.807, 2.05) is 6.20 Å². The quantitative estimate of drug-likeness (QED) is 0.572. The van der Waals surface area contributed by atoms with Gasteiger partial charge in [-0.1, -0.05) is 26.7 Å². The molecule has 24 heavy (non-hydrogen) atoms. The number of thiocarbonyl (C=S) groups is 1. The Bertz CT molecular complexity index is 507. The van der Waals surface area contributed by atoms with Crippen LogP contribution < -0.4 is 10.2 Å². The summed E-state index contributed by atoms with van der Waals surface area (Å²) in [5, 5.41) is 4.09. The van der Waals surface area contributed by atoms with Crippen LogP contribution in [0.2, 0.25) is 0 Å². The number of H-pyrrole nitrogens is 1. The van der Waals surface area contributed by atoms with Crippen molar-refractivity contribution in [3.63, 3.8) is 0 Å². The van der Waals surface area contributed by atoms with E-state index in [2.05, 4.69) is 42.0 Å². The van der Waals surface area contributed by atoms with Crippen LogP contribution in [-0.4, -0.2) is 35.5 Å². The van der Waals surface area contributed by atoms with Gasteiger partial charge < -0.3 is 15.2 Å². The average molecular weight is 355 g/mol. The Kier molecular flexibility index (Phi) is 17.1. The van der Waals surface area contributed by atoms with Crippen LogP contribution in [0.1, 0.15) is 45.7 Å². The maximum absolute atomic E-state index is 8.12. The lowest BCUT2D eigenvalue weighted by Gasteiger charge is -2.26. The standard InChI is InChI=1S/C14H25N3S.2CO2/c1-4-7-8-11-17(14(18)15-6-3)13-9-10-16-12(13)5-2;2*2-1-3/h9-10,16H,4-8,11H2,1-3H3,(H,15,18);;. The van der Waals surface area contributed by atoms with Crippen molar-refractivity contribution >= 4 is 35.3 Å². The predicted octanol–water partition coefficient (Wildman–Crippen LogP) is 2.30. The number of aryl methyl sites for hydroxylation is 1. The molecular formula is C16H25N3O4S. The summed E-state index contributed by atoms with van der Waals surface area (Å²) >= 11 is 5.48. The molecule has 0 atom stereocenters. The van der Waals surface area contributed by atoms with E-state index < -0.39 is 0 Å². The van der Waals surface area contributed by atoms with E-state index in [1.54, 1.807) is 0 Å². The number of nitrogens with zero attached hydrogens (tertiary/aromatic N) is 1. The van der Waals surface area contributed by atoms with Crippen molar-refractivity contribution in [1.82, 2.24) is 10.3 Å². The van der Waals surface area contributed by atoms with Gasteiger partial charge in [0.15, 0.2) is 5.11 Å². The van der Waals surface area contributed by atoms with Crippen molar-refractivity contribution in [2.45, 2.75) is 46.5 Å². The number of unbranched alkanes of at least 4 members (excludes halogenated alkanes) is 2. The second-order valence-electron chi connectivity index (χ2n) is 4.56. The predicted molar refractivity (Wildman–Crippen MR) is 93.3 cm³/mol. The summed E-state index contributed by atoms with van der Waals surface area (Å²) in [4.78, 5) is 38.0. The summed E-state index contributed by atoms with van der Waals surface area (Å²) in [6.45, 7) is 8.32. The van der Waals surface area contributed by atoms with Crippen LogP contribution in [0.3, 0.4) is 0 Å². The fourth-order valence-corrected chi connectivity index (χ4v) is 2.36. The number of hydrogen-bond acceptors (Lipinski definition) is 5. The molecule has 1 rings (SSSR count). The van der Waals surface area contributed by atoms with Crippen LogP contribution in [0.5, 0.6) is 0 Å². The van der Waals surface area contributed by atoms with Crippen LogP contribution in [0, 0.1) is 0 Å². The highest BCUT2D eigenvalue weighted by molar-refractivity contribution is 7.80. The fourth-order valence-electron chi connectivity index (χ4n) is 2.03. The van der Waals surface area contributed by atoms with Crippen molar-refractivity contribution < 1.29 is 19.2 Å². The number of nitrogens with one attached hydrogen (secondary N) is 2. The highest BCUT2D eigenvalue weighted by Crippen LogP contribution is 2.21. The van der Waals surface area contributed by atoms with E-state index in [0.29, 0.717) is 0 Å². The van der Waals surface area contributed by atoms with Gasteiger partial charge >= 0.3 is 12.3 Å². The molecular weight excluding hydrogens is 330 g/mol. The van der Waals surface area contributed by atoms with Gasteiger partial charge in [-0.25, -0.2) is 0 Å². The Hall–Kier alpha value is -2.27. The van der Waals surface area contributed by atoms with E-state index in [-0.39, 0.29) is 12.3 Å². The zero-order chi connectivity index (χ0) is 18.8. The Balaban J connectivity index is 0. The second kappa shape index (κ2) is 17.1. The minimum atomic E-state index is 0.250. The molecule has 0 bridgehead atoms. The number of rotatable bonds is 7. The third-order valence-electron chi connectivity index (χ3n) is 3.01. The lowest BCUT2D eigenvalue weighted by molar-refractivity contribution is -0.193. The first-order valence-electron chi connectivity index (χ1n) is 7.77. The van der Waals surface area contributed by atoms with Gasteiger partial charge in [-0.15, -0.1) is 0 Å². The molecule has 0 saturated carbocycles. The van der Waals surface area contributed by atoms with Gasteiger partial charge in [-0.2, -0.15) is 19.2 Å². The molecule has 1 heterocycles. The Labute approximate surface area is 147 Å². The maximum Gasteiger partial charge on any atom is 0.373 e. The second-order valence-corrected chi connectivity index (χ2v) is 4.94. The summed E-state index contributed by atoms with van der Waals surface area (Å²) in [6.07, 6.45) is 7.15. The third kappa shape index (κ3) is 10.5. The lowest BCUT2D eigenvalue weighted by atomic mass is 10.2. The van der Waals surface area contributed by atoms with Crippen molar-refractivity contribution in [2.75, 3.05) is 18.0 Å². The zero-order valence-electron chi connectivity index (χ0n) is 14.4. The lowest BCUT2D eigenvalue weighted by Crippen LogP contribution is -2.40. The van der Waals surface area contributed by atoms with Crippen LogP contribution in [0.15, 0.2) is 12.3 Å². The zero-order valence-corrected chi connectivity index (χ0v) is 15.2. The van der Waals surface area contributed by atoms with E-state index in [0.717, 1.165) is 24.6 Å². The van der Waals surface area contributed by atoms with Crippen molar-refractivity contribution in [2.24, 2.45) is 0 Å². The smallest absolute Gasteiger partial charge is 0.363 e. The molecule has 0 fully saturated rings. The Morgan fingerprint density at radius 2 is 1.75 bits per heavy atom. The highest BCUT2D eigenvalue weighted by atomic mass is 32.1. The topological polar surface area (TPSA) is 99.3 Å². The molecule has 8 heteroatoms. The molecule has 2 N–H and O–H groups in total. The first kappa shape index (κ1) is 24.0. The van der Waals surface area contributed by atoms with Crippen molar-refractivity contribution in [3.8, 4) is 0 Å². The Morgan fingerprint density at radius 3 is 2.21 bits per heavy atom. The highest BCUT2D eigenvalue weighted by Gasteiger charge is 2.14. The van der Waals surface area contributed by atoms with Gasteiger partial charge in [0.25, 0.3) is 0 Å². The number of aromatic nitrogens is 1. The Morgan fingerprint density at radius 1 is 1.17 bits per heavy atom. The van der Waals surface area contributed by atoms with Crippen molar-refractivity contribution in [3.05, 3.63) is 18.0 Å². The summed E-state index contributed by atoms with van der Waals surface area (Å²) < 4.78 is 0. The molecule has 7 nitrogen and oxygen atoms in total. The monoisotopic (exact) mass is 355 g/mol. The van der Waals surface area contributed by atoms with Crippen LogP contribution in [0.25, 0.3) is 0 Å². The molecule has 0 aliphatic heterocycles. The van der Waals surface area contributed by atoms with Gasteiger partial charge in [-0.3, -0.25) is 0 Å². The largest absolute Gasteiger partial charge is 0.373 e. The van der Waals surface area contributed by atoms with Gasteiger partial charge in [-0.05, 0) is 38.0 Å². The van der Waals surface area contributed by atoms with Crippen LogP contribution >= 0.6 is 12.2 Å². The van der Waals surface area contributed by atoms with Gasteiger partial charge in [0, 0.05) is 25.0 Å². The molecule has 0 saturated heterocycles. The minimum absolute atomic E-state index is 0.250. The summed E-state index contributed by atoms with van der Waals surface area (Å²) in [5.41, 5.74) is 2.48. The molecule has 0 amide bonds. The van der Waals surface area contributed by atoms with Crippen LogP contribution in [0.4, 0.5) is 5.69 Å². The van der Waals surface area contributed by atoms with E-state index in [4.69, 9.17) is 31.4 Å². The number of carbonyl (C=O) groups excluding carboxylic acids is 4. The molecule has 0 radical (unpaired) electrons. The van der Waals surface area contributed by atoms with E-state index in [1.165, 1.54) is 30.6 Å². The molecule has 0 aliphatic carbocycles. The molecule has 0 spiro atoms. The summed E-state index contributed by atoms with van der Waals surface area (Å²) in [5.74, 6) is 0. The molecule has 0 unspecified atom stereocenters. The SMILES string of the molecule is CCCCCN(C(=S)NCC)c1cc[nH]c1CC.O=C=O.O=C=O. The maximum atomic E-state index is 8.12. The van der Waals surface area contributed by atoms with Crippen molar-refractivity contribution in [1.29, 1.82) is 0 Å². The fraction of sp³-hybridized carbons (Fsp3) is 0.562. The van der Waals surface area contributed by atoms with E-state index in [9.17, 15) is 0 Å². The molecule has 1 aromatic rings. The minimum Gasteiger partial charge on any atom is -0.363 e. The first-order chi connectivity index (χ1) is 11.6. The number of anilines is 1. The normalized spacial score (nSPS) is 8.46. The molecule has 0 aliphatic rings. The average Bonchev–Trinajstić information content (AvgIpc) is 3.01. The molecule has 1 aromatic heterocycles. The van der Waals surface area contributed by atoms with Gasteiger partial charge in [0.1, 0.15) is 0 Å². The first-order valence-corrected chi connectivity index (χ1v) is 8.18. The van der Waals surface area contributed by atoms with Gasteiger partial charge in [0.05, 0.1) is 5.69 Å². The third-order valence-corrected chi connectivity index (χ3v) is 3.38. The number of hydrogen-bond donors (Lipinski definition) is 2. The van der Waals surface area contributed by atoms with E-state index >= 15 is 0 Å².